The maximum atomic E-state index is 11.6. The first kappa shape index (κ1) is 15.6. The molecule has 0 spiro atoms. The molecule has 1 aromatic rings. The zero-order chi connectivity index (χ0) is 14.6. The van der Waals surface area contributed by atoms with E-state index in [9.17, 15) is 9.59 Å². The highest BCUT2D eigenvalue weighted by Crippen LogP contribution is 2.17. The number of carbonyl (C=O) groups excluding carboxylic acids is 1. The summed E-state index contributed by atoms with van der Waals surface area (Å²) in [6, 6.07) is 0. The zero-order valence-corrected chi connectivity index (χ0v) is 12.1. The largest absolute Gasteiger partial charge is 0.477 e. The molecule has 0 fully saturated rings. The average Bonchev–Trinajstić information content (AvgIpc) is 2.64. The van der Waals surface area contributed by atoms with Gasteiger partial charge in [-0.15, -0.1) is 11.3 Å². The van der Waals surface area contributed by atoms with Crippen molar-refractivity contribution in [1.82, 2.24) is 10.3 Å². The Labute approximate surface area is 116 Å². The number of carbonyl (C=O) groups is 2. The van der Waals surface area contributed by atoms with Crippen LogP contribution in [0.5, 0.6) is 0 Å². The molecular weight excluding hydrogens is 266 g/mol. The summed E-state index contributed by atoms with van der Waals surface area (Å²) in [4.78, 5) is 26.8. The van der Waals surface area contributed by atoms with E-state index < -0.39 is 5.97 Å². The fraction of sp³-hybridized carbons (Fsp3) is 0.583. The highest BCUT2D eigenvalue weighted by molar-refractivity contribution is 7.13. The molecule has 0 saturated heterocycles. The fourth-order valence-electron chi connectivity index (χ4n) is 1.42. The molecule has 0 atom stereocenters. The van der Waals surface area contributed by atoms with E-state index in [1.54, 1.807) is 6.92 Å². The second kappa shape index (κ2) is 6.12. The first-order chi connectivity index (χ1) is 8.69. The minimum atomic E-state index is -0.988. The number of amides is 1. The van der Waals surface area contributed by atoms with E-state index in [-0.39, 0.29) is 22.9 Å². The molecule has 0 saturated carbocycles. The molecule has 6 nitrogen and oxygen atoms in total. The van der Waals surface area contributed by atoms with Gasteiger partial charge < -0.3 is 16.2 Å². The SMILES string of the molecule is Cc1nc(CNC(=O)CCC(C)(C)N)sc1C(=O)O. The lowest BCUT2D eigenvalue weighted by molar-refractivity contribution is -0.121. The van der Waals surface area contributed by atoms with Crippen LogP contribution in [0.3, 0.4) is 0 Å². The number of nitrogens with two attached hydrogens (primary N) is 1. The summed E-state index contributed by atoms with van der Waals surface area (Å²) in [5.41, 5.74) is 5.90. The van der Waals surface area contributed by atoms with Crippen LogP contribution in [0.15, 0.2) is 0 Å². The summed E-state index contributed by atoms with van der Waals surface area (Å²) in [5.74, 6) is -1.10. The lowest BCUT2D eigenvalue weighted by Crippen LogP contribution is -2.34. The van der Waals surface area contributed by atoms with Crippen LogP contribution in [0.4, 0.5) is 0 Å². The standard InChI is InChI=1S/C12H19N3O3S/c1-7-10(11(17)18)19-9(15-7)6-14-8(16)4-5-12(2,3)13/h4-6,13H2,1-3H3,(H,14,16)(H,17,18). The van der Waals surface area contributed by atoms with Gasteiger partial charge in [-0.2, -0.15) is 0 Å². The number of rotatable bonds is 6. The monoisotopic (exact) mass is 285 g/mol. The lowest BCUT2D eigenvalue weighted by Gasteiger charge is -2.17. The Balaban J connectivity index is 2.47. The van der Waals surface area contributed by atoms with Crippen molar-refractivity contribution >= 4 is 23.2 Å². The van der Waals surface area contributed by atoms with Gasteiger partial charge in [0.25, 0.3) is 0 Å². The predicted molar refractivity (Wildman–Crippen MR) is 73.2 cm³/mol. The van der Waals surface area contributed by atoms with Crippen molar-refractivity contribution in [2.45, 2.75) is 45.7 Å². The van der Waals surface area contributed by atoms with Crippen molar-refractivity contribution in [3.63, 3.8) is 0 Å². The molecule has 1 amide bonds. The quantitative estimate of drug-likeness (QED) is 0.730. The first-order valence-electron chi connectivity index (χ1n) is 5.94. The molecule has 0 aliphatic carbocycles. The Morgan fingerprint density at radius 3 is 2.58 bits per heavy atom. The molecule has 0 aliphatic rings. The molecule has 0 radical (unpaired) electrons. The molecule has 0 unspecified atom stereocenters. The minimum absolute atomic E-state index is 0.108. The summed E-state index contributed by atoms with van der Waals surface area (Å²) in [5, 5.41) is 12.2. The molecular formula is C12H19N3O3S. The number of carboxylic acid groups (broad SMARTS) is 1. The van der Waals surface area contributed by atoms with Gasteiger partial charge in [-0.25, -0.2) is 9.78 Å². The number of aromatic nitrogens is 1. The maximum absolute atomic E-state index is 11.6. The van der Waals surface area contributed by atoms with Crippen LogP contribution in [-0.2, 0) is 11.3 Å². The Kier molecular flexibility index (Phi) is 5.02. The van der Waals surface area contributed by atoms with Gasteiger partial charge in [0, 0.05) is 12.0 Å². The number of hydrogen-bond donors (Lipinski definition) is 3. The normalized spacial score (nSPS) is 11.4. The van der Waals surface area contributed by atoms with Gasteiger partial charge in [0.15, 0.2) is 0 Å². The van der Waals surface area contributed by atoms with Gasteiger partial charge in [0.1, 0.15) is 9.88 Å². The molecule has 106 valence electrons. The van der Waals surface area contributed by atoms with Gasteiger partial charge in [0.05, 0.1) is 12.2 Å². The third-order valence-corrected chi connectivity index (χ3v) is 3.61. The predicted octanol–water partition coefficient (Wildman–Crippen LogP) is 1.28. The van der Waals surface area contributed by atoms with Gasteiger partial charge in [0.2, 0.25) is 5.91 Å². The zero-order valence-electron chi connectivity index (χ0n) is 11.3. The Hall–Kier alpha value is -1.47. The summed E-state index contributed by atoms with van der Waals surface area (Å²) in [6.45, 7) is 5.62. The van der Waals surface area contributed by atoms with Gasteiger partial charge in [-0.05, 0) is 27.2 Å². The van der Waals surface area contributed by atoms with Gasteiger partial charge in [-0.3, -0.25) is 4.79 Å². The number of hydrogen-bond acceptors (Lipinski definition) is 5. The lowest BCUT2D eigenvalue weighted by atomic mass is 10.00. The molecule has 7 heteroatoms. The molecule has 1 heterocycles. The summed E-state index contributed by atoms with van der Waals surface area (Å²) in [6.07, 6.45) is 0.940. The molecule has 0 bridgehead atoms. The van der Waals surface area contributed by atoms with Crippen LogP contribution in [0.25, 0.3) is 0 Å². The number of carboxylic acids is 1. The molecule has 19 heavy (non-hydrogen) atoms. The van der Waals surface area contributed by atoms with Crippen molar-refractivity contribution in [3.05, 3.63) is 15.6 Å². The van der Waals surface area contributed by atoms with Crippen LogP contribution in [-0.4, -0.2) is 27.5 Å². The molecule has 1 rings (SSSR count). The second-order valence-corrected chi connectivity index (χ2v) is 6.18. The van der Waals surface area contributed by atoms with Crippen molar-refractivity contribution in [1.29, 1.82) is 0 Å². The van der Waals surface area contributed by atoms with Gasteiger partial charge in [-0.1, -0.05) is 0 Å². The maximum Gasteiger partial charge on any atom is 0.347 e. The minimum Gasteiger partial charge on any atom is -0.477 e. The van der Waals surface area contributed by atoms with Crippen LogP contribution in [0.1, 0.15) is 47.1 Å². The van der Waals surface area contributed by atoms with E-state index in [2.05, 4.69) is 10.3 Å². The first-order valence-corrected chi connectivity index (χ1v) is 6.76. The Morgan fingerprint density at radius 2 is 2.11 bits per heavy atom. The third-order valence-electron chi connectivity index (χ3n) is 2.47. The fourth-order valence-corrected chi connectivity index (χ4v) is 2.27. The van der Waals surface area contributed by atoms with E-state index in [4.69, 9.17) is 10.8 Å². The van der Waals surface area contributed by atoms with Crippen molar-refractivity contribution in [2.75, 3.05) is 0 Å². The smallest absolute Gasteiger partial charge is 0.347 e. The number of nitrogens with one attached hydrogen (secondary N) is 1. The summed E-state index contributed by atoms with van der Waals surface area (Å²) < 4.78 is 0. The van der Waals surface area contributed by atoms with Gasteiger partial charge >= 0.3 is 5.97 Å². The molecule has 0 aromatic carbocycles. The van der Waals surface area contributed by atoms with E-state index >= 15 is 0 Å². The second-order valence-electron chi connectivity index (χ2n) is 5.09. The van der Waals surface area contributed by atoms with Crippen LogP contribution in [0.2, 0.25) is 0 Å². The number of aromatic carboxylic acids is 1. The van der Waals surface area contributed by atoms with E-state index in [1.807, 2.05) is 13.8 Å². The van der Waals surface area contributed by atoms with E-state index in [1.165, 1.54) is 0 Å². The van der Waals surface area contributed by atoms with Crippen molar-refractivity contribution < 1.29 is 14.7 Å². The highest BCUT2D eigenvalue weighted by atomic mass is 32.1. The van der Waals surface area contributed by atoms with Crippen LogP contribution >= 0.6 is 11.3 Å². The average molecular weight is 285 g/mol. The van der Waals surface area contributed by atoms with Crippen LogP contribution in [0, 0.1) is 6.92 Å². The molecule has 1 aromatic heterocycles. The number of nitrogens with zero attached hydrogens (tertiary/aromatic N) is 1. The summed E-state index contributed by atoms with van der Waals surface area (Å²) >= 11 is 1.08. The number of aryl methyl sites for hydroxylation is 1. The topological polar surface area (TPSA) is 105 Å². The number of thiazole rings is 1. The van der Waals surface area contributed by atoms with Crippen molar-refractivity contribution in [2.24, 2.45) is 5.73 Å². The third kappa shape index (κ3) is 5.35. The van der Waals surface area contributed by atoms with E-state index in [0.717, 1.165) is 11.3 Å². The summed E-state index contributed by atoms with van der Waals surface area (Å²) in [7, 11) is 0. The van der Waals surface area contributed by atoms with Crippen molar-refractivity contribution in [3.8, 4) is 0 Å². The molecule has 0 aliphatic heterocycles. The van der Waals surface area contributed by atoms with E-state index in [0.29, 0.717) is 23.5 Å². The Bertz CT molecular complexity index is 477. The molecule has 4 N–H and O–H groups in total. The van der Waals surface area contributed by atoms with Crippen LogP contribution < -0.4 is 11.1 Å². The Morgan fingerprint density at radius 1 is 1.47 bits per heavy atom. The highest BCUT2D eigenvalue weighted by Gasteiger charge is 2.15.